The smallest absolute Gasteiger partial charge is 0.409 e. The molecule has 1 unspecified atom stereocenters. The highest BCUT2D eigenvalue weighted by Crippen LogP contribution is 2.39. The second kappa shape index (κ2) is 10.3. The lowest BCUT2D eigenvalue weighted by molar-refractivity contribution is -0.111. The van der Waals surface area contributed by atoms with Crippen molar-refractivity contribution in [1.82, 2.24) is 4.90 Å². The van der Waals surface area contributed by atoms with Crippen LogP contribution in [0.4, 0.5) is 9.80 Å². The predicted molar refractivity (Wildman–Crippen MR) is 120 cm³/mol. The molecule has 1 aliphatic rings. The highest BCUT2D eigenvalue weighted by molar-refractivity contribution is 7.16. The molecule has 0 bridgehead atoms. The number of carbonyl (C=O) groups excluding carboxylic acids is 2. The van der Waals surface area contributed by atoms with Crippen molar-refractivity contribution in [3.63, 3.8) is 0 Å². The summed E-state index contributed by atoms with van der Waals surface area (Å²) in [4.78, 5) is 27.1. The van der Waals surface area contributed by atoms with Gasteiger partial charge in [-0.05, 0) is 54.9 Å². The molecule has 0 aromatic carbocycles. The quantitative estimate of drug-likeness (QED) is 0.629. The molecule has 164 valence electrons. The van der Waals surface area contributed by atoms with Gasteiger partial charge in [0.2, 0.25) is 5.91 Å². The summed E-state index contributed by atoms with van der Waals surface area (Å²) in [7, 11) is 1.75. The van der Waals surface area contributed by atoms with Gasteiger partial charge in [0.1, 0.15) is 16.8 Å². The summed E-state index contributed by atoms with van der Waals surface area (Å²) in [6.45, 7) is 5.12. The first-order chi connectivity index (χ1) is 14.9. The number of hydrogen-bond donors (Lipinski definition) is 1. The van der Waals surface area contributed by atoms with Gasteiger partial charge in [-0.2, -0.15) is 5.26 Å². The summed E-state index contributed by atoms with van der Waals surface area (Å²) in [5.41, 5.74) is 1.53. The minimum absolute atomic E-state index is 0.205. The van der Waals surface area contributed by atoms with Gasteiger partial charge in [0.15, 0.2) is 0 Å². The largest absolute Gasteiger partial charge is 0.465 e. The van der Waals surface area contributed by atoms with Crippen molar-refractivity contribution < 1.29 is 18.7 Å². The van der Waals surface area contributed by atoms with Crippen LogP contribution in [0.1, 0.15) is 42.0 Å². The summed E-state index contributed by atoms with van der Waals surface area (Å²) in [6.07, 6.45) is 6.49. The fraction of sp³-hybridized carbons (Fsp3) is 0.435. The first kappa shape index (κ1) is 22.6. The Kier molecular flexibility index (Phi) is 7.53. The molecule has 31 heavy (non-hydrogen) atoms. The average molecular weight is 442 g/mol. The van der Waals surface area contributed by atoms with E-state index in [0.717, 1.165) is 29.7 Å². The van der Waals surface area contributed by atoms with Crippen LogP contribution in [0.25, 0.3) is 6.08 Å². The molecular weight excluding hydrogens is 414 g/mol. The summed E-state index contributed by atoms with van der Waals surface area (Å²) in [5.74, 6) is 0.854. The molecule has 8 heteroatoms. The number of rotatable bonds is 7. The van der Waals surface area contributed by atoms with Crippen molar-refractivity contribution in [2.24, 2.45) is 11.8 Å². The molecule has 0 aliphatic heterocycles. The number of nitrogens with zero attached hydrogens (tertiary/aromatic N) is 2. The third kappa shape index (κ3) is 5.98. The first-order valence-corrected chi connectivity index (χ1v) is 11.1. The molecule has 0 radical (unpaired) electrons. The van der Waals surface area contributed by atoms with E-state index >= 15 is 0 Å². The number of nitriles is 1. The van der Waals surface area contributed by atoms with Crippen LogP contribution in [0.15, 0.2) is 28.9 Å². The average Bonchev–Trinajstić information content (AvgIpc) is 3.36. The standard InChI is InChI=1S/C23H27N3O4S/c1-15(2)13-26(3)23(28)30-14-16-6-8-18-19(12-24)22(31-20(18)11-16)25-21(27)9-7-17-5-4-10-29-17/h4-5,7,9-10,15-16H,6,8,11,13-14H2,1-3H3,(H,25,27). The van der Waals surface area contributed by atoms with Crippen molar-refractivity contribution in [2.75, 3.05) is 25.5 Å². The molecule has 2 heterocycles. The van der Waals surface area contributed by atoms with Gasteiger partial charge in [0.25, 0.3) is 0 Å². The van der Waals surface area contributed by atoms with Gasteiger partial charge in [-0.15, -0.1) is 11.3 Å². The summed E-state index contributed by atoms with van der Waals surface area (Å²) >= 11 is 1.43. The zero-order valence-electron chi connectivity index (χ0n) is 18.0. The number of carbonyl (C=O) groups is 2. The monoisotopic (exact) mass is 441 g/mol. The van der Waals surface area contributed by atoms with E-state index in [1.165, 1.54) is 23.7 Å². The lowest BCUT2D eigenvalue weighted by Crippen LogP contribution is -2.32. The number of furan rings is 1. The van der Waals surface area contributed by atoms with Crippen LogP contribution in [-0.2, 0) is 22.4 Å². The Morgan fingerprint density at radius 1 is 1.48 bits per heavy atom. The third-order valence-electron chi connectivity index (χ3n) is 5.05. The molecule has 1 atom stereocenters. The minimum Gasteiger partial charge on any atom is -0.465 e. The van der Waals surface area contributed by atoms with Crippen LogP contribution in [0.2, 0.25) is 0 Å². The number of thiophene rings is 1. The van der Waals surface area contributed by atoms with Crippen molar-refractivity contribution in [1.29, 1.82) is 5.26 Å². The normalized spacial score (nSPS) is 15.5. The van der Waals surface area contributed by atoms with Gasteiger partial charge in [-0.1, -0.05) is 13.8 Å². The maximum atomic E-state index is 12.3. The molecule has 2 aromatic heterocycles. The number of anilines is 1. The van der Waals surface area contributed by atoms with Crippen LogP contribution in [0.3, 0.4) is 0 Å². The number of hydrogen-bond acceptors (Lipinski definition) is 6. The maximum absolute atomic E-state index is 12.3. The first-order valence-electron chi connectivity index (χ1n) is 10.3. The molecule has 0 saturated heterocycles. The van der Waals surface area contributed by atoms with Gasteiger partial charge < -0.3 is 19.4 Å². The molecule has 0 saturated carbocycles. The fourth-order valence-corrected chi connectivity index (χ4v) is 4.94. The molecule has 0 spiro atoms. The highest BCUT2D eigenvalue weighted by atomic mass is 32.1. The minimum atomic E-state index is -0.315. The Labute approximate surface area is 186 Å². The Morgan fingerprint density at radius 3 is 2.97 bits per heavy atom. The van der Waals surface area contributed by atoms with E-state index in [0.29, 0.717) is 35.4 Å². The van der Waals surface area contributed by atoms with E-state index in [4.69, 9.17) is 9.15 Å². The van der Waals surface area contributed by atoms with E-state index in [9.17, 15) is 14.9 Å². The van der Waals surface area contributed by atoms with Gasteiger partial charge in [0, 0.05) is 24.5 Å². The Hall–Kier alpha value is -3.05. The van der Waals surface area contributed by atoms with E-state index in [-0.39, 0.29) is 17.9 Å². The number of fused-ring (bicyclic) bond motifs is 1. The Balaban J connectivity index is 1.60. The SMILES string of the molecule is CC(C)CN(C)C(=O)OCC1CCc2c(sc(NC(=O)C=Cc3ccco3)c2C#N)C1. The topological polar surface area (TPSA) is 95.6 Å². The summed E-state index contributed by atoms with van der Waals surface area (Å²) in [5, 5.41) is 13.0. The molecular formula is C23H27N3O4S. The van der Waals surface area contributed by atoms with E-state index in [1.807, 2.05) is 0 Å². The molecule has 2 amide bonds. The van der Waals surface area contributed by atoms with E-state index in [1.54, 1.807) is 30.2 Å². The number of nitrogens with one attached hydrogen (secondary N) is 1. The fourth-order valence-electron chi connectivity index (χ4n) is 3.62. The van der Waals surface area contributed by atoms with Crippen LogP contribution >= 0.6 is 11.3 Å². The lowest BCUT2D eigenvalue weighted by atomic mass is 9.88. The Bertz CT molecular complexity index is 985. The van der Waals surface area contributed by atoms with Crippen LogP contribution in [0, 0.1) is 23.2 Å². The van der Waals surface area contributed by atoms with Crippen LogP contribution in [-0.4, -0.2) is 37.1 Å². The van der Waals surface area contributed by atoms with Crippen molar-refractivity contribution in [3.05, 3.63) is 46.2 Å². The Morgan fingerprint density at radius 2 is 2.29 bits per heavy atom. The molecule has 7 nitrogen and oxygen atoms in total. The predicted octanol–water partition coefficient (Wildman–Crippen LogP) is 4.69. The van der Waals surface area contributed by atoms with Gasteiger partial charge in [-0.3, -0.25) is 4.79 Å². The van der Waals surface area contributed by atoms with Gasteiger partial charge >= 0.3 is 6.09 Å². The second-order valence-electron chi connectivity index (χ2n) is 8.12. The zero-order valence-corrected chi connectivity index (χ0v) is 18.8. The van der Waals surface area contributed by atoms with Crippen molar-refractivity contribution in [2.45, 2.75) is 33.1 Å². The molecule has 0 fully saturated rings. The molecule has 1 N–H and O–H groups in total. The summed E-state index contributed by atoms with van der Waals surface area (Å²) < 4.78 is 10.7. The number of ether oxygens (including phenoxy) is 1. The summed E-state index contributed by atoms with van der Waals surface area (Å²) in [6, 6.07) is 5.73. The van der Waals surface area contributed by atoms with E-state index < -0.39 is 0 Å². The van der Waals surface area contributed by atoms with Crippen LogP contribution < -0.4 is 5.32 Å². The van der Waals surface area contributed by atoms with Gasteiger partial charge in [-0.25, -0.2) is 4.79 Å². The third-order valence-corrected chi connectivity index (χ3v) is 6.22. The maximum Gasteiger partial charge on any atom is 0.409 e. The van der Waals surface area contributed by atoms with Crippen molar-refractivity contribution >= 4 is 34.4 Å². The second-order valence-corrected chi connectivity index (χ2v) is 9.22. The highest BCUT2D eigenvalue weighted by Gasteiger charge is 2.27. The lowest BCUT2D eigenvalue weighted by Gasteiger charge is -2.24. The molecule has 3 rings (SSSR count). The van der Waals surface area contributed by atoms with Crippen LogP contribution in [0.5, 0.6) is 0 Å². The van der Waals surface area contributed by atoms with E-state index in [2.05, 4.69) is 25.2 Å². The molecule has 1 aliphatic carbocycles. The van der Waals surface area contributed by atoms with Gasteiger partial charge in [0.05, 0.1) is 18.4 Å². The zero-order chi connectivity index (χ0) is 22.4. The molecule has 2 aromatic rings. The van der Waals surface area contributed by atoms with Crippen molar-refractivity contribution in [3.8, 4) is 6.07 Å². The number of amides is 2.